The van der Waals surface area contributed by atoms with Crippen LogP contribution < -0.4 is 11.1 Å². The van der Waals surface area contributed by atoms with Crippen LogP contribution in [-0.4, -0.2) is 18.5 Å². The third-order valence-corrected chi connectivity index (χ3v) is 3.60. The molecule has 1 heterocycles. The van der Waals surface area contributed by atoms with E-state index in [-0.39, 0.29) is 11.9 Å². The van der Waals surface area contributed by atoms with Crippen molar-refractivity contribution in [3.05, 3.63) is 23.7 Å². The van der Waals surface area contributed by atoms with Crippen LogP contribution in [0.25, 0.3) is 0 Å². The molecule has 0 aromatic carbocycles. The lowest BCUT2D eigenvalue weighted by Gasteiger charge is -2.31. The topological polar surface area (TPSA) is 68.3 Å². The van der Waals surface area contributed by atoms with Crippen molar-refractivity contribution >= 4 is 5.91 Å². The summed E-state index contributed by atoms with van der Waals surface area (Å²) in [6, 6.07) is 2.00. The standard InChI is InChI=1S/C13H20N2O2/c1-9-6-7-17-12(9)13(16)15-11-5-3-2-4-10(11)8-14/h6-7,10-11H,2-5,8,14H2,1H3,(H,15,16). The summed E-state index contributed by atoms with van der Waals surface area (Å²) in [5.74, 6) is 0.715. The number of amides is 1. The van der Waals surface area contributed by atoms with Gasteiger partial charge in [0.15, 0.2) is 5.76 Å². The molecule has 1 aliphatic carbocycles. The summed E-state index contributed by atoms with van der Waals surface area (Å²) < 4.78 is 5.19. The van der Waals surface area contributed by atoms with Crippen molar-refractivity contribution < 1.29 is 9.21 Å². The number of nitrogens with one attached hydrogen (secondary N) is 1. The van der Waals surface area contributed by atoms with Crippen molar-refractivity contribution in [2.45, 2.75) is 38.6 Å². The smallest absolute Gasteiger partial charge is 0.287 e. The van der Waals surface area contributed by atoms with E-state index in [9.17, 15) is 4.79 Å². The maximum atomic E-state index is 12.0. The van der Waals surface area contributed by atoms with Gasteiger partial charge in [-0.25, -0.2) is 0 Å². The molecule has 1 fully saturated rings. The van der Waals surface area contributed by atoms with Gasteiger partial charge in [0.1, 0.15) is 0 Å². The van der Waals surface area contributed by atoms with Crippen molar-refractivity contribution in [3.8, 4) is 0 Å². The average molecular weight is 236 g/mol. The highest BCUT2D eigenvalue weighted by atomic mass is 16.3. The molecule has 4 nitrogen and oxygen atoms in total. The zero-order chi connectivity index (χ0) is 12.3. The second-order valence-corrected chi connectivity index (χ2v) is 4.79. The molecule has 1 aliphatic rings. The van der Waals surface area contributed by atoms with E-state index in [0.29, 0.717) is 18.2 Å². The summed E-state index contributed by atoms with van der Waals surface area (Å²) in [5.41, 5.74) is 6.62. The highest BCUT2D eigenvalue weighted by Crippen LogP contribution is 2.24. The molecule has 17 heavy (non-hydrogen) atoms. The number of hydrogen-bond acceptors (Lipinski definition) is 3. The number of nitrogens with two attached hydrogens (primary N) is 1. The van der Waals surface area contributed by atoms with Crippen molar-refractivity contribution in [1.29, 1.82) is 0 Å². The largest absolute Gasteiger partial charge is 0.459 e. The number of rotatable bonds is 3. The summed E-state index contributed by atoms with van der Waals surface area (Å²) in [6.45, 7) is 2.52. The van der Waals surface area contributed by atoms with Crippen LogP contribution in [0, 0.1) is 12.8 Å². The number of aryl methyl sites for hydroxylation is 1. The normalized spacial score (nSPS) is 24.6. The lowest BCUT2D eigenvalue weighted by Crippen LogP contribution is -2.44. The first-order valence-electron chi connectivity index (χ1n) is 6.27. The van der Waals surface area contributed by atoms with Crippen molar-refractivity contribution in [2.24, 2.45) is 11.7 Å². The van der Waals surface area contributed by atoms with Gasteiger partial charge in [-0.2, -0.15) is 0 Å². The fourth-order valence-corrected chi connectivity index (χ4v) is 2.52. The number of carbonyl (C=O) groups excluding carboxylic acids is 1. The molecule has 0 saturated heterocycles. The highest BCUT2D eigenvalue weighted by Gasteiger charge is 2.26. The summed E-state index contributed by atoms with van der Waals surface area (Å²) in [7, 11) is 0. The molecule has 0 radical (unpaired) electrons. The van der Waals surface area contributed by atoms with E-state index in [1.54, 1.807) is 12.3 Å². The molecule has 2 unspecified atom stereocenters. The van der Waals surface area contributed by atoms with E-state index in [0.717, 1.165) is 18.4 Å². The number of furan rings is 1. The minimum atomic E-state index is -0.113. The summed E-state index contributed by atoms with van der Waals surface area (Å²) in [4.78, 5) is 12.0. The molecule has 3 N–H and O–H groups in total. The molecule has 1 saturated carbocycles. The van der Waals surface area contributed by atoms with E-state index >= 15 is 0 Å². The van der Waals surface area contributed by atoms with Crippen LogP contribution in [0.2, 0.25) is 0 Å². The zero-order valence-electron chi connectivity index (χ0n) is 10.2. The second-order valence-electron chi connectivity index (χ2n) is 4.79. The van der Waals surface area contributed by atoms with Gasteiger partial charge in [0.2, 0.25) is 0 Å². The first-order chi connectivity index (χ1) is 8.22. The molecule has 1 amide bonds. The van der Waals surface area contributed by atoms with Gasteiger partial charge in [-0.3, -0.25) is 4.79 Å². The van der Waals surface area contributed by atoms with Crippen molar-refractivity contribution in [1.82, 2.24) is 5.32 Å². The van der Waals surface area contributed by atoms with E-state index in [1.165, 1.54) is 12.8 Å². The lowest BCUT2D eigenvalue weighted by molar-refractivity contribution is 0.0879. The Morgan fingerprint density at radius 2 is 2.29 bits per heavy atom. The van der Waals surface area contributed by atoms with E-state index < -0.39 is 0 Å². The molecule has 2 atom stereocenters. The molecule has 4 heteroatoms. The summed E-state index contributed by atoms with van der Waals surface area (Å²) >= 11 is 0. The van der Waals surface area contributed by atoms with Crippen LogP contribution in [0.4, 0.5) is 0 Å². The lowest BCUT2D eigenvalue weighted by atomic mass is 9.84. The molecule has 1 aromatic heterocycles. The quantitative estimate of drug-likeness (QED) is 0.841. The van der Waals surface area contributed by atoms with Crippen molar-refractivity contribution in [3.63, 3.8) is 0 Å². The molecule has 1 aromatic rings. The number of hydrogen-bond donors (Lipinski definition) is 2. The average Bonchev–Trinajstić information content (AvgIpc) is 2.76. The minimum Gasteiger partial charge on any atom is -0.459 e. The minimum absolute atomic E-state index is 0.113. The summed E-state index contributed by atoms with van der Waals surface area (Å²) in [6.07, 6.45) is 6.06. The monoisotopic (exact) mass is 236 g/mol. The molecule has 0 bridgehead atoms. The second kappa shape index (κ2) is 5.36. The van der Waals surface area contributed by atoms with Crippen LogP contribution in [-0.2, 0) is 0 Å². The summed E-state index contributed by atoms with van der Waals surface area (Å²) in [5, 5.41) is 3.05. The Bertz CT molecular complexity index is 387. The van der Waals surface area contributed by atoms with Gasteiger partial charge in [0, 0.05) is 11.6 Å². The van der Waals surface area contributed by atoms with Gasteiger partial charge in [-0.15, -0.1) is 0 Å². The Balaban J connectivity index is 2.00. The van der Waals surface area contributed by atoms with Gasteiger partial charge in [0.25, 0.3) is 5.91 Å². The molecule has 2 rings (SSSR count). The fraction of sp³-hybridized carbons (Fsp3) is 0.615. The van der Waals surface area contributed by atoms with Gasteiger partial charge in [-0.05, 0) is 38.3 Å². The third kappa shape index (κ3) is 2.69. The predicted molar refractivity (Wildman–Crippen MR) is 65.7 cm³/mol. The van der Waals surface area contributed by atoms with Crippen LogP contribution in [0.5, 0.6) is 0 Å². The third-order valence-electron chi connectivity index (χ3n) is 3.60. The van der Waals surface area contributed by atoms with E-state index in [1.807, 2.05) is 6.92 Å². The van der Waals surface area contributed by atoms with E-state index in [4.69, 9.17) is 10.2 Å². The molecule has 94 valence electrons. The first-order valence-corrected chi connectivity index (χ1v) is 6.27. The molecular weight excluding hydrogens is 216 g/mol. The Labute approximate surface area is 102 Å². The van der Waals surface area contributed by atoms with Crippen LogP contribution in [0.15, 0.2) is 16.7 Å². The molecular formula is C13H20N2O2. The molecule has 0 spiro atoms. The fourth-order valence-electron chi connectivity index (χ4n) is 2.52. The van der Waals surface area contributed by atoms with Gasteiger partial charge < -0.3 is 15.5 Å². The Hall–Kier alpha value is -1.29. The van der Waals surface area contributed by atoms with Gasteiger partial charge in [0.05, 0.1) is 6.26 Å². The maximum Gasteiger partial charge on any atom is 0.287 e. The first kappa shape index (κ1) is 12.2. The Morgan fingerprint density at radius 1 is 1.53 bits per heavy atom. The highest BCUT2D eigenvalue weighted by molar-refractivity contribution is 5.93. The zero-order valence-corrected chi connectivity index (χ0v) is 10.2. The van der Waals surface area contributed by atoms with Crippen LogP contribution in [0.1, 0.15) is 41.8 Å². The van der Waals surface area contributed by atoms with Gasteiger partial charge in [-0.1, -0.05) is 12.8 Å². The van der Waals surface area contributed by atoms with E-state index in [2.05, 4.69) is 5.32 Å². The van der Waals surface area contributed by atoms with Crippen LogP contribution in [0.3, 0.4) is 0 Å². The molecule has 0 aliphatic heterocycles. The van der Waals surface area contributed by atoms with Crippen LogP contribution >= 0.6 is 0 Å². The Kier molecular flexibility index (Phi) is 3.84. The SMILES string of the molecule is Cc1ccoc1C(=O)NC1CCCCC1CN. The predicted octanol–water partition coefficient (Wildman–Crippen LogP) is 1.84. The van der Waals surface area contributed by atoms with Crippen molar-refractivity contribution in [2.75, 3.05) is 6.54 Å². The van der Waals surface area contributed by atoms with Gasteiger partial charge >= 0.3 is 0 Å². The number of carbonyl (C=O) groups is 1. The maximum absolute atomic E-state index is 12.0. The Morgan fingerprint density at radius 3 is 2.94 bits per heavy atom.